The van der Waals surface area contributed by atoms with Crippen molar-refractivity contribution < 1.29 is 19.1 Å². The highest BCUT2D eigenvalue weighted by molar-refractivity contribution is 5.97. The van der Waals surface area contributed by atoms with E-state index in [4.69, 9.17) is 9.47 Å². The number of fused-ring (bicyclic) bond motifs is 2. The molecule has 3 saturated heterocycles. The molecule has 27 heavy (non-hydrogen) atoms. The molecule has 0 radical (unpaired) electrons. The second-order valence-electron chi connectivity index (χ2n) is 7.65. The number of ether oxygens (including phenoxy) is 2. The lowest BCUT2D eigenvalue weighted by molar-refractivity contribution is -0.126. The van der Waals surface area contributed by atoms with Crippen LogP contribution in [0, 0.1) is 0 Å². The number of amides is 2. The highest BCUT2D eigenvalue weighted by Crippen LogP contribution is 2.23. The molecule has 0 saturated carbocycles. The summed E-state index contributed by atoms with van der Waals surface area (Å²) in [4.78, 5) is 33.6. The van der Waals surface area contributed by atoms with Crippen LogP contribution in [-0.2, 0) is 14.3 Å². The third-order valence-electron chi connectivity index (χ3n) is 5.69. The summed E-state index contributed by atoms with van der Waals surface area (Å²) < 4.78 is 11.2. The van der Waals surface area contributed by atoms with E-state index in [0.717, 1.165) is 12.8 Å². The van der Waals surface area contributed by atoms with Gasteiger partial charge in [0.2, 0.25) is 0 Å². The van der Waals surface area contributed by atoms with Crippen LogP contribution in [0.5, 0.6) is 0 Å². The Morgan fingerprint density at radius 3 is 2.63 bits per heavy atom. The molecule has 4 unspecified atom stereocenters. The molecule has 1 aromatic rings. The third kappa shape index (κ3) is 3.83. The summed E-state index contributed by atoms with van der Waals surface area (Å²) in [6.45, 7) is 4.49. The maximum Gasteiger partial charge on any atom is 0.272 e. The Hall–Kier alpha value is -2.03. The van der Waals surface area contributed by atoms with Crippen LogP contribution in [0.15, 0.2) is 18.3 Å². The molecule has 0 aromatic carbocycles. The van der Waals surface area contributed by atoms with E-state index >= 15 is 0 Å². The zero-order valence-electron chi connectivity index (χ0n) is 15.8. The van der Waals surface area contributed by atoms with Crippen LogP contribution < -0.4 is 5.32 Å². The molecular formula is C19H26N4O4. The van der Waals surface area contributed by atoms with Crippen molar-refractivity contribution in [3.8, 4) is 0 Å². The smallest absolute Gasteiger partial charge is 0.272 e. The summed E-state index contributed by atoms with van der Waals surface area (Å²) in [5.41, 5.74) is 0.913. The zero-order chi connectivity index (χ0) is 19.0. The Morgan fingerprint density at radius 2 is 1.96 bits per heavy atom. The summed E-state index contributed by atoms with van der Waals surface area (Å²) in [7, 11) is 2.08. The van der Waals surface area contributed by atoms with Crippen LogP contribution in [0.3, 0.4) is 0 Å². The van der Waals surface area contributed by atoms with Gasteiger partial charge in [0, 0.05) is 25.0 Å². The molecule has 3 aliphatic heterocycles. The number of carbonyl (C=O) groups is 2. The molecule has 0 spiro atoms. The monoisotopic (exact) mass is 374 g/mol. The lowest BCUT2D eigenvalue weighted by atomic mass is 10.1. The predicted molar refractivity (Wildman–Crippen MR) is 98.5 cm³/mol. The van der Waals surface area contributed by atoms with Crippen molar-refractivity contribution in [2.24, 2.45) is 0 Å². The molecule has 146 valence electrons. The maximum atomic E-state index is 12.9. The van der Waals surface area contributed by atoms with Gasteiger partial charge in [-0.15, -0.1) is 0 Å². The van der Waals surface area contributed by atoms with Crippen LogP contribution in [0.2, 0.25) is 0 Å². The van der Waals surface area contributed by atoms with E-state index in [1.807, 2.05) is 11.8 Å². The fourth-order valence-electron chi connectivity index (χ4n) is 3.99. The minimum absolute atomic E-state index is 0.107. The van der Waals surface area contributed by atoms with Gasteiger partial charge in [-0.3, -0.25) is 19.5 Å². The normalized spacial score (nSPS) is 31.0. The predicted octanol–water partition coefficient (Wildman–Crippen LogP) is 0.743. The third-order valence-corrected chi connectivity index (χ3v) is 5.69. The van der Waals surface area contributed by atoms with Crippen molar-refractivity contribution in [3.63, 3.8) is 0 Å². The van der Waals surface area contributed by atoms with E-state index in [1.165, 1.54) is 0 Å². The summed E-state index contributed by atoms with van der Waals surface area (Å²) in [5.74, 6) is -0.280. The molecule has 1 aromatic heterocycles. The quantitative estimate of drug-likeness (QED) is 0.840. The Kier molecular flexibility index (Phi) is 5.12. The molecule has 0 aliphatic carbocycles. The Balaban J connectivity index is 1.43. The van der Waals surface area contributed by atoms with Crippen LogP contribution >= 0.6 is 0 Å². The van der Waals surface area contributed by atoms with Gasteiger partial charge in [-0.2, -0.15) is 0 Å². The lowest BCUT2D eigenvalue weighted by Crippen LogP contribution is -2.64. The first-order chi connectivity index (χ1) is 13.0. The highest BCUT2D eigenvalue weighted by Gasteiger charge is 2.38. The van der Waals surface area contributed by atoms with Crippen LogP contribution in [0.4, 0.5) is 5.69 Å². The fraction of sp³-hybridized carbons (Fsp3) is 0.632. The number of piperazine rings is 1. The van der Waals surface area contributed by atoms with Gasteiger partial charge < -0.3 is 19.7 Å². The SMILES string of the molecule is CC1CCC(C(=O)Nc2ccnc(C(=O)N3CC4COCC(C3)N4C)c2)O1. The van der Waals surface area contributed by atoms with Crippen molar-refractivity contribution in [2.45, 2.75) is 44.1 Å². The number of carbonyl (C=O) groups excluding carboxylic acids is 2. The molecule has 3 aliphatic rings. The van der Waals surface area contributed by atoms with E-state index in [9.17, 15) is 9.59 Å². The van der Waals surface area contributed by atoms with E-state index in [-0.39, 0.29) is 30.0 Å². The standard InChI is InChI=1S/C19H26N4O4/c1-12-3-4-17(27-12)18(24)21-13-5-6-20-16(7-13)19(25)23-8-14-10-26-11-15(9-23)22(14)2/h5-7,12,14-15,17H,3-4,8-11H2,1-2H3,(H,20,21,24). The van der Waals surface area contributed by atoms with Gasteiger partial charge in [-0.1, -0.05) is 0 Å². The molecule has 8 nitrogen and oxygen atoms in total. The van der Waals surface area contributed by atoms with Crippen LogP contribution in [-0.4, -0.2) is 84.2 Å². The largest absolute Gasteiger partial charge is 0.378 e. The average molecular weight is 374 g/mol. The minimum atomic E-state index is -0.427. The van der Waals surface area contributed by atoms with Gasteiger partial charge in [0.25, 0.3) is 11.8 Å². The first-order valence-electron chi connectivity index (χ1n) is 9.52. The van der Waals surface area contributed by atoms with Crippen molar-refractivity contribution in [3.05, 3.63) is 24.0 Å². The number of anilines is 1. The van der Waals surface area contributed by atoms with E-state index < -0.39 is 6.10 Å². The molecule has 4 rings (SSSR count). The number of hydrogen-bond donors (Lipinski definition) is 1. The molecule has 3 fully saturated rings. The number of hydrogen-bond acceptors (Lipinski definition) is 6. The van der Waals surface area contributed by atoms with E-state index in [2.05, 4.69) is 22.2 Å². The number of nitrogens with one attached hydrogen (secondary N) is 1. The van der Waals surface area contributed by atoms with Gasteiger partial charge in [0.05, 0.1) is 31.4 Å². The second-order valence-corrected chi connectivity index (χ2v) is 7.65. The van der Waals surface area contributed by atoms with Crippen molar-refractivity contribution in [1.82, 2.24) is 14.8 Å². The lowest BCUT2D eigenvalue weighted by Gasteiger charge is -2.47. The first kappa shape index (κ1) is 18.3. The average Bonchev–Trinajstić information content (AvgIpc) is 3.08. The molecule has 2 bridgehead atoms. The van der Waals surface area contributed by atoms with Gasteiger partial charge in [-0.25, -0.2) is 0 Å². The first-order valence-corrected chi connectivity index (χ1v) is 9.52. The Bertz CT molecular complexity index is 713. The summed E-state index contributed by atoms with van der Waals surface area (Å²) in [6.07, 6.45) is 2.84. The van der Waals surface area contributed by atoms with Crippen molar-refractivity contribution >= 4 is 17.5 Å². The highest BCUT2D eigenvalue weighted by atomic mass is 16.5. The van der Waals surface area contributed by atoms with Gasteiger partial charge in [0.1, 0.15) is 11.8 Å². The summed E-state index contributed by atoms with van der Waals surface area (Å²) in [6, 6.07) is 3.76. The molecule has 8 heteroatoms. The number of likely N-dealkylation sites (N-methyl/N-ethyl adjacent to an activating group) is 1. The van der Waals surface area contributed by atoms with Crippen molar-refractivity contribution in [1.29, 1.82) is 0 Å². The van der Waals surface area contributed by atoms with Gasteiger partial charge >= 0.3 is 0 Å². The number of morpholine rings is 1. The number of aromatic nitrogens is 1. The molecule has 2 amide bonds. The minimum Gasteiger partial charge on any atom is -0.378 e. The van der Waals surface area contributed by atoms with Gasteiger partial charge in [0.15, 0.2) is 0 Å². The topological polar surface area (TPSA) is 84.0 Å². The molecular weight excluding hydrogens is 348 g/mol. The molecule has 4 atom stereocenters. The number of nitrogens with zero attached hydrogens (tertiary/aromatic N) is 3. The number of pyridine rings is 1. The van der Waals surface area contributed by atoms with Crippen molar-refractivity contribution in [2.75, 3.05) is 38.7 Å². The zero-order valence-corrected chi connectivity index (χ0v) is 15.8. The molecule has 4 heterocycles. The maximum absolute atomic E-state index is 12.9. The van der Waals surface area contributed by atoms with Crippen LogP contribution in [0.1, 0.15) is 30.3 Å². The van der Waals surface area contributed by atoms with E-state index in [1.54, 1.807) is 18.3 Å². The Labute approximate surface area is 158 Å². The van der Waals surface area contributed by atoms with Gasteiger partial charge in [-0.05, 0) is 38.9 Å². The Morgan fingerprint density at radius 1 is 1.22 bits per heavy atom. The van der Waals surface area contributed by atoms with E-state index in [0.29, 0.717) is 37.7 Å². The fourth-order valence-corrected chi connectivity index (χ4v) is 3.99. The van der Waals surface area contributed by atoms with Crippen LogP contribution in [0.25, 0.3) is 0 Å². The summed E-state index contributed by atoms with van der Waals surface area (Å²) >= 11 is 0. The molecule has 1 N–H and O–H groups in total. The second kappa shape index (κ2) is 7.53. The summed E-state index contributed by atoms with van der Waals surface area (Å²) in [5, 5.41) is 2.85. The number of rotatable bonds is 3.